The number of benzene rings is 1. The van der Waals surface area contributed by atoms with Gasteiger partial charge >= 0.3 is 0 Å². The highest BCUT2D eigenvalue weighted by atomic mass is 16.5. The van der Waals surface area contributed by atoms with Gasteiger partial charge in [0.2, 0.25) is 5.91 Å². The van der Waals surface area contributed by atoms with Crippen LogP contribution in [0.2, 0.25) is 0 Å². The minimum Gasteiger partial charge on any atom is -0.543 e. The molecule has 8 nitrogen and oxygen atoms in total. The van der Waals surface area contributed by atoms with Crippen molar-refractivity contribution in [3.05, 3.63) is 40.3 Å². The van der Waals surface area contributed by atoms with Gasteiger partial charge in [0.25, 0.3) is 5.56 Å². The van der Waals surface area contributed by atoms with Gasteiger partial charge in [-0.1, -0.05) is 18.2 Å². The molecule has 3 rings (SSSR count). The van der Waals surface area contributed by atoms with Crippen molar-refractivity contribution in [2.24, 2.45) is 0 Å². The highest BCUT2D eigenvalue weighted by Crippen LogP contribution is 2.14. The highest BCUT2D eigenvalue weighted by Gasteiger charge is 2.26. The van der Waals surface area contributed by atoms with Crippen LogP contribution in [0.3, 0.4) is 0 Å². The van der Waals surface area contributed by atoms with Gasteiger partial charge in [-0.05, 0) is 19.9 Å². The summed E-state index contributed by atoms with van der Waals surface area (Å²) in [5.41, 5.74) is -0.866. The molecule has 0 unspecified atom stereocenters. The highest BCUT2D eigenvalue weighted by molar-refractivity contribution is 6.00. The van der Waals surface area contributed by atoms with E-state index in [0.29, 0.717) is 13.1 Å². The van der Waals surface area contributed by atoms with E-state index in [1.54, 1.807) is 17.0 Å². The van der Waals surface area contributed by atoms with E-state index in [-0.39, 0.29) is 41.1 Å². The summed E-state index contributed by atoms with van der Waals surface area (Å²) < 4.78 is 6.47. The van der Waals surface area contributed by atoms with Gasteiger partial charge in [0, 0.05) is 18.5 Å². The number of aromatic nitrogens is 2. The Morgan fingerprint density at radius 3 is 2.40 bits per heavy atom. The molecule has 2 aromatic rings. The molecular formula is C17H18N3O5-. The van der Waals surface area contributed by atoms with E-state index >= 15 is 0 Å². The summed E-state index contributed by atoms with van der Waals surface area (Å²) in [5.74, 6) is -1.80. The molecule has 1 fully saturated rings. The molecular weight excluding hydrogens is 326 g/mol. The van der Waals surface area contributed by atoms with Gasteiger partial charge in [0.1, 0.15) is 12.2 Å². The second kappa shape index (κ2) is 6.64. The molecule has 1 aliphatic rings. The predicted molar refractivity (Wildman–Crippen MR) is 86.9 cm³/mol. The van der Waals surface area contributed by atoms with Crippen molar-refractivity contribution in [3.8, 4) is 0 Å². The Hall–Kier alpha value is -2.74. The predicted octanol–water partition coefficient (Wildman–Crippen LogP) is -0.604. The maximum atomic E-state index is 12.5. The summed E-state index contributed by atoms with van der Waals surface area (Å²) in [6, 6.07) is 6.24. The number of fused-ring (bicyclic) bond motifs is 1. The summed E-state index contributed by atoms with van der Waals surface area (Å²) in [4.78, 5) is 38.0. The summed E-state index contributed by atoms with van der Waals surface area (Å²) in [6.45, 7) is 4.23. The molecule has 0 bridgehead atoms. The zero-order valence-electron chi connectivity index (χ0n) is 14.0. The molecule has 1 amide bonds. The molecule has 1 aliphatic heterocycles. The lowest BCUT2D eigenvalue weighted by Crippen LogP contribution is -2.50. The van der Waals surface area contributed by atoms with Gasteiger partial charge in [-0.25, -0.2) is 4.68 Å². The summed E-state index contributed by atoms with van der Waals surface area (Å²) in [7, 11) is 0. The molecule has 0 saturated carbocycles. The Morgan fingerprint density at radius 2 is 1.80 bits per heavy atom. The smallest absolute Gasteiger partial charge is 0.275 e. The zero-order chi connectivity index (χ0) is 18.1. The van der Waals surface area contributed by atoms with E-state index in [9.17, 15) is 19.5 Å². The third kappa shape index (κ3) is 3.39. The fourth-order valence-electron chi connectivity index (χ4n) is 3.10. The number of hydrogen-bond acceptors (Lipinski definition) is 6. The lowest BCUT2D eigenvalue weighted by atomic mass is 10.1. The van der Waals surface area contributed by atoms with Gasteiger partial charge in [-0.15, -0.1) is 0 Å². The number of carbonyl (C=O) groups is 2. The van der Waals surface area contributed by atoms with Crippen molar-refractivity contribution in [2.45, 2.75) is 32.6 Å². The first-order valence-corrected chi connectivity index (χ1v) is 8.01. The average Bonchev–Trinajstić information content (AvgIpc) is 2.56. The van der Waals surface area contributed by atoms with Crippen molar-refractivity contribution in [2.75, 3.05) is 13.1 Å². The normalized spacial score (nSPS) is 20.6. The van der Waals surface area contributed by atoms with Crippen molar-refractivity contribution in [1.82, 2.24) is 14.7 Å². The molecule has 25 heavy (non-hydrogen) atoms. The Balaban J connectivity index is 1.96. The maximum Gasteiger partial charge on any atom is 0.275 e. The van der Waals surface area contributed by atoms with E-state index in [1.165, 1.54) is 12.1 Å². The molecule has 0 N–H and O–H groups in total. The van der Waals surface area contributed by atoms with Gasteiger partial charge in [-0.2, -0.15) is 5.10 Å². The van der Waals surface area contributed by atoms with Crippen LogP contribution < -0.4 is 10.7 Å². The van der Waals surface area contributed by atoms with Crippen LogP contribution in [0.1, 0.15) is 24.3 Å². The number of aromatic carboxylic acids is 1. The number of carboxylic acid groups (broad SMARTS) is 1. The number of ether oxygens (including phenoxy) is 1. The van der Waals surface area contributed by atoms with Crippen LogP contribution in [0.25, 0.3) is 10.8 Å². The minimum absolute atomic E-state index is 0.104. The second-order valence-corrected chi connectivity index (χ2v) is 6.20. The number of rotatable bonds is 3. The van der Waals surface area contributed by atoms with Crippen LogP contribution in [0, 0.1) is 0 Å². The minimum atomic E-state index is -1.49. The molecule has 1 saturated heterocycles. The molecule has 0 radical (unpaired) electrons. The first-order chi connectivity index (χ1) is 11.9. The first-order valence-electron chi connectivity index (χ1n) is 8.01. The number of carboxylic acids is 1. The summed E-state index contributed by atoms with van der Waals surface area (Å²) in [5, 5.41) is 15.6. The molecule has 8 heteroatoms. The average molecular weight is 344 g/mol. The van der Waals surface area contributed by atoms with Crippen molar-refractivity contribution >= 4 is 22.6 Å². The Bertz CT molecular complexity index is 881. The monoisotopic (exact) mass is 344 g/mol. The zero-order valence-corrected chi connectivity index (χ0v) is 14.0. The van der Waals surface area contributed by atoms with Crippen molar-refractivity contribution in [3.63, 3.8) is 0 Å². The number of hydrogen-bond donors (Lipinski definition) is 0. The molecule has 1 aromatic carbocycles. The topological polar surface area (TPSA) is 105 Å². The Labute approximate surface area is 143 Å². The lowest BCUT2D eigenvalue weighted by Gasteiger charge is -2.35. The number of morpholine rings is 1. The van der Waals surface area contributed by atoms with E-state index in [0.717, 1.165) is 4.68 Å². The molecule has 132 valence electrons. The standard InChI is InChI=1S/C17H19N3O5/c1-10-7-19(8-11(2)25-10)14(21)9-20-16(22)13-6-4-3-5-12(13)15(18-20)17(23)24/h3-6,10-11H,7-9H2,1-2H3,(H,23,24)/p-1/t10-,11+. The van der Waals surface area contributed by atoms with E-state index in [4.69, 9.17) is 4.74 Å². The largest absolute Gasteiger partial charge is 0.543 e. The lowest BCUT2D eigenvalue weighted by molar-refractivity contribution is -0.255. The maximum absolute atomic E-state index is 12.5. The molecule has 1 aromatic heterocycles. The van der Waals surface area contributed by atoms with E-state index < -0.39 is 11.5 Å². The van der Waals surface area contributed by atoms with Gasteiger partial charge in [0.15, 0.2) is 0 Å². The number of nitrogens with zero attached hydrogens (tertiary/aromatic N) is 3. The van der Waals surface area contributed by atoms with Crippen molar-refractivity contribution in [1.29, 1.82) is 0 Å². The van der Waals surface area contributed by atoms with Crippen LogP contribution in [0.4, 0.5) is 0 Å². The fraction of sp³-hybridized carbons (Fsp3) is 0.412. The SMILES string of the molecule is C[C@@H]1CN(C(=O)Cn2nc(C(=O)[O-])c3ccccc3c2=O)C[C@H](C)O1. The van der Waals surface area contributed by atoms with E-state index in [2.05, 4.69) is 5.10 Å². The van der Waals surface area contributed by atoms with E-state index in [1.807, 2.05) is 13.8 Å². The van der Waals surface area contributed by atoms with Crippen LogP contribution in [-0.4, -0.2) is 51.9 Å². The van der Waals surface area contributed by atoms with Gasteiger partial charge in [0.05, 0.1) is 23.6 Å². The molecule has 2 heterocycles. The molecule has 0 aliphatic carbocycles. The van der Waals surface area contributed by atoms with Crippen molar-refractivity contribution < 1.29 is 19.4 Å². The summed E-state index contributed by atoms with van der Waals surface area (Å²) in [6.07, 6.45) is -0.208. The van der Waals surface area contributed by atoms with Crippen LogP contribution in [0.15, 0.2) is 29.1 Å². The third-order valence-corrected chi connectivity index (χ3v) is 4.12. The number of amides is 1. The quantitative estimate of drug-likeness (QED) is 0.736. The number of carbonyl (C=O) groups excluding carboxylic acids is 2. The first kappa shape index (κ1) is 17.1. The van der Waals surface area contributed by atoms with Gasteiger partial charge < -0.3 is 19.5 Å². The summed E-state index contributed by atoms with van der Waals surface area (Å²) >= 11 is 0. The fourth-order valence-corrected chi connectivity index (χ4v) is 3.10. The Morgan fingerprint density at radius 1 is 1.20 bits per heavy atom. The third-order valence-electron chi connectivity index (χ3n) is 4.12. The Kier molecular flexibility index (Phi) is 4.54. The van der Waals surface area contributed by atoms with Crippen LogP contribution in [-0.2, 0) is 16.1 Å². The second-order valence-electron chi connectivity index (χ2n) is 6.20. The van der Waals surface area contributed by atoms with Crippen LogP contribution >= 0.6 is 0 Å². The van der Waals surface area contributed by atoms with Gasteiger partial charge in [-0.3, -0.25) is 9.59 Å². The molecule has 2 atom stereocenters. The molecule has 0 spiro atoms. The van der Waals surface area contributed by atoms with Crippen LogP contribution in [0.5, 0.6) is 0 Å².